The first kappa shape index (κ1) is 16.4. The van der Waals surface area contributed by atoms with Gasteiger partial charge in [0.2, 0.25) is 0 Å². The molecule has 0 unspecified atom stereocenters. The molecule has 0 amide bonds. The topological polar surface area (TPSA) is 21.7 Å². The van der Waals surface area contributed by atoms with E-state index in [0.717, 1.165) is 30.0 Å². The summed E-state index contributed by atoms with van der Waals surface area (Å²) in [6.07, 6.45) is 2.29. The lowest BCUT2D eigenvalue weighted by Gasteiger charge is -2.10. The van der Waals surface area contributed by atoms with E-state index in [1.807, 2.05) is 24.3 Å². The first-order valence-electron chi connectivity index (χ1n) is 7.67. The Morgan fingerprint density at radius 1 is 0.818 bits per heavy atom. The van der Waals surface area contributed by atoms with Gasteiger partial charge in [-0.05, 0) is 68.9 Å². The highest BCUT2D eigenvalue weighted by Crippen LogP contribution is 2.17. The van der Waals surface area contributed by atoms with Gasteiger partial charge in [0, 0.05) is 0 Å². The number of benzene rings is 2. The van der Waals surface area contributed by atoms with Crippen molar-refractivity contribution in [2.24, 2.45) is 0 Å². The van der Waals surface area contributed by atoms with Crippen molar-refractivity contribution in [3.63, 3.8) is 0 Å². The standard InChI is InChI=1S/C19H25NO2/c1-20(2)14-4-5-16-6-12-19(13-7-16)22-15-17-8-10-18(21-3)11-9-17/h6-13H,4-5,14-15H2,1-3H3. The molecule has 2 aromatic carbocycles. The quantitative estimate of drug-likeness (QED) is 0.740. The summed E-state index contributed by atoms with van der Waals surface area (Å²) < 4.78 is 11.0. The minimum absolute atomic E-state index is 0.573. The van der Waals surface area contributed by atoms with Crippen molar-refractivity contribution in [3.05, 3.63) is 59.7 Å². The second-order valence-electron chi connectivity index (χ2n) is 5.69. The second-order valence-corrected chi connectivity index (χ2v) is 5.69. The lowest BCUT2D eigenvalue weighted by atomic mass is 10.1. The molecule has 0 heterocycles. The Balaban J connectivity index is 1.80. The SMILES string of the molecule is COc1ccc(COc2ccc(CCCN(C)C)cc2)cc1. The van der Waals surface area contributed by atoms with E-state index in [1.54, 1.807) is 7.11 Å². The van der Waals surface area contributed by atoms with Crippen LogP contribution >= 0.6 is 0 Å². The summed E-state index contributed by atoms with van der Waals surface area (Å²) in [6.45, 7) is 1.69. The van der Waals surface area contributed by atoms with Crippen LogP contribution < -0.4 is 9.47 Å². The van der Waals surface area contributed by atoms with Crippen molar-refractivity contribution in [3.8, 4) is 11.5 Å². The Labute approximate surface area is 133 Å². The molecule has 0 saturated heterocycles. The van der Waals surface area contributed by atoms with Gasteiger partial charge in [-0.2, -0.15) is 0 Å². The normalized spacial score (nSPS) is 10.7. The summed E-state index contributed by atoms with van der Waals surface area (Å²) in [5.41, 5.74) is 2.49. The van der Waals surface area contributed by atoms with E-state index in [9.17, 15) is 0 Å². The van der Waals surface area contributed by atoms with Crippen LogP contribution in [0.15, 0.2) is 48.5 Å². The molecule has 2 aromatic rings. The number of ether oxygens (including phenoxy) is 2. The smallest absolute Gasteiger partial charge is 0.119 e. The maximum atomic E-state index is 5.81. The molecule has 0 N–H and O–H groups in total. The molecule has 0 aliphatic carbocycles. The highest BCUT2D eigenvalue weighted by Gasteiger charge is 1.99. The lowest BCUT2D eigenvalue weighted by Crippen LogP contribution is -2.13. The molecular formula is C19H25NO2. The summed E-state index contributed by atoms with van der Waals surface area (Å²) in [7, 11) is 5.89. The largest absolute Gasteiger partial charge is 0.497 e. The minimum Gasteiger partial charge on any atom is -0.497 e. The number of hydrogen-bond acceptors (Lipinski definition) is 3. The van der Waals surface area contributed by atoms with Gasteiger partial charge in [0.1, 0.15) is 18.1 Å². The maximum Gasteiger partial charge on any atom is 0.119 e. The van der Waals surface area contributed by atoms with E-state index in [0.29, 0.717) is 6.61 Å². The van der Waals surface area contributed by atoms with E-state index in [2.05, 4.69) is 43.3 Å². The fourth-order valence-corrected chi connectivity index (χ4v) is 2.24. The van der Waals surface area contributed by atoms with Crippen LogP contribution in [0, 0.1) is 0 Å². The van der Waals surface area contributed by atoms with Gasteiger partial charge in [-0.1, -0.05) is 24.3 Å². The van der Waals surface area contributed by atoms with Crippen LogP contribution in [-0.2, 0) is 13.0 Å². The molecule has 0 radical (unpaired) electrons. The van der Waals surface area contributed by atoms with Gasteiger partial charge >= 0.3 is 0 Å². The van der Waals surface area contributed by atoms with Crippen molar-refractivity contribution in [1.82, 2.24) is 4.90 Å². The van der Waals surface area contributed by atoms with Crippen LogP contribution in [0.4, 0.5) is 0 Å². The molecule has 3 nitrogen and oxygen atoms in total. The van der Waals surface area contributed by atoms with E-state index in [1.165, 1.54) is 12.0 Å². The fourth-order valence-electron chi connectivity index (χ4n) is 2.24. The third kappa shape index (κ3) is 5.41. The van der Waals surface area contributed by atoms with E-state index >= 15 is 0 Å². The number of aryl methyl sites for hydroxylation is 1. The van der Waals surface area contributed by atoms with Crippen molar-refractivity contribution in [2.75, 3.05) is 27.7 Å². The van der Waals surface area contributed by atoms with Gasteiger partial charge in [0.25, 0.3) is 0 Å². The van der Waals surface area contributed by atoms with Crippen LogP contribution in [0.1, 0.15) is 17.5 Å². The molecule has 0 aromatic heterocycles. The number of rotatable bonds is 8. The summed E-state index contributed by atoms with van der Waals surface area (Å²) in [5.74, 6) is 1.78. The highest BCUT2D eigenvalue weighted by molar-refractivity contribution is 5.29. The minimum atomic E-state index is 0.573. The summed E-state index contributed by atoms with van der Waals surface area (Å²) in [6, 6.07) is 16.4. The Bertz CT molecular complexity index is 547. The Hall–Kier alpha value is -2.00. The highest BCUT2D eigenvalue weighted by atomic mass is 16.5. The number of hydrogen-bond donors (Lipinski definition) is 0. The van der Waals surface area contributed by atoms with Gasteiger partial charge < -0.3 is 14.4 Å². The predicted octanol–water partition coefficient (Wildman–Crippen LogP) is 3.77. The third-order valence-electron chi connectivity index (χ3n) is 3.56. The maximum absolute atomic E-state index is 5.81. The summed E-state index contributed by atoms with van der Waals surface area (Å²) >= 11 is 0. The van der Waals surface area contributed by atoms with Gasteiger partial charge in [-0.25, -0.2) is 0 Å². The van der Waals surface area contributed by atoms with Crippen LogP contribution in [-0.4, -0.2) is 32.6 Å². The average molecular weight is 299 g/mol. The van der Waals surface area contributed by atoms with Crippen LogP contribution in [0.5, 0.6) is 11.5 Å². The Kier molecular flexibility index (Phi) is 6.28. The second kappa shape index (κ2) is 8.44. The zero-order valence-electron chi connectivity index (χ0n) is 13.7. The third-order valence-corrected chi connectivity index (χ3v) is 3.56. The average Bonchev–Trinajstić information content (AvgIpc) is 2.54. The molecule has 0 aliphatic rings. The van der Waals surface area contributed by atoms with E-state index < -0.39 is 0 Å². The van der Waals surface area contributed by atoms with Crippen molar-refractivity contribution < 1.29 is 9.47 Å². The van der Waals surface area contributed by atoms with Gasteiger partial charge in [0.05, 0.1) is 7.11 Å². The van der Waals surface area contributed by atoms with Crippen molar-refractivity contribution in [1.29, 1.82) is 0 Å². The lowest BCUT2D eigenvalue weighted by molar-refractivity contribution is 0.306. The molecule has 0 aliphatic heterocycles. The molecule has 0 atom stereocenters. The Morgan fingerprint density at radius 3 is 2.00 bits per heavy atom. The van der Waals surface area contributed by atoms with Crippen LogP contribution in [0.25, 0.3) is 0 Å². The monoisotopic (exact) mass is 299 g/mol. The number of nitrogens with zero attached hydrogens (tertiary/aromatic N) is 1. The zero-order valence-corrected chi connectivity index (χ0v) is 13.7. The molecule has 118 valence electrons. The number of methoxy groups -OCH3 is 1. The Morgan fingerprint density at radius 2 is 1.41 bits per heavy atom. The molecule has 3 heteroatoms. The fraction of sp³-hybridized carbons (Fsp3) is 0.368. The van der Waals surface area contributed by atoms with Crippen LogP contribution in [0.3, 0.4) is 0 Å². The first-order valence-corrected chi connectivity index (χ1v) is 7.67. The zero-order chi connectivity index (χ0) is 15.8. The molecule has 0 bridgehead atoms. The van der Waals surface area contributed by atoms with E-state index in [4.69, 9.17) is 9.47 Å². The van der Waals surface area contributed by atoms with Crippen molar-refractivity contribution in [2.45, 2.75) is 19.4 Å². The summed E-state index contributed by atoms with van der Waals surface area (Å²) in [5, 5.41) is 0. The first-order chi connectivity index (χ1) is 10.7. The van der Waals surface area contributed by atoms with E-state index in [-0.39, 0.29) is 0 Å². The molecule has 0 fully saturated rings. The predicted molar refractivity (Wildman–Crippen MR) is 90.6 cm³/mol. The molecule has 0 saturated carbocycles. The molecule has 2 rings (SSSR count). The van der Waals surface area contributed by atoms with Crippen molar-refractivity contribution >= 4 is 0 Å². The van der Waals surface area contributed by atoms with Gasteiger partial charge in [-0.3, -0.25) is 0 Å². The van der Waals surface area contributed by atoms with Crippen LogP contribution in [0.2, 0.25) is 0 Å². The van der Waals surface area contributed by atoms with Gasteiger partial charge in [0.15, 0.2) is 0 Å². The molecule has 0 spiro atoms. The summed E-state index contributed by atoms with van der Waals surface area (Å²) in [4.78, 5) is 2.21. The molecule has 22 heavy (non-hydrogen) atoms. The molecular weight excluding hydrogens is 274 g/mol. The van der Waals surface area contributed by atoms with Gasteiger partial charge in [-0.15, -0.1) is 0 Å².